The van der Waals surface area contributed by atoms with E-state index in [0.29, 0.717) is 35.7 Å². The minimum absolute atomic E-state index is 0.0159. The molecule has 0 unspecified atom stereocenters. The Morgan fingerprint density at radius 3 is 2.62 bits per heavy atom. The van der Waals surface area contributed by atoms with Gasteiger partial charge in [0.25, 0.3) is 5.69 Å². The third kappa shape index (κ3) is 6.21. The second-order valence-corrected chi connectivity index (χ2v) is 7.99. The standard InChI is InChI=1S/C28H25N3O6/c1-3-7-22-14-20(17-29-30-28(32)26-16-21-8-5-6-9-24(21)37-26)15-25(35-4-2)27(22)36-18-19-10-12-23(13-11-19)31(33)34/h3,5-6,8-17H,1,4,7,18H2,2H3,(H,30,32)/b29-17-. The Morgan fingerprint density at radius 2 is 1.92 bits per heavy atom. The molecule has 1 N–H and O–H groups in total. The monoisotopic (exact) mass is 499 g/mol. The highest BCUT2D eigenvalue weighted by Crippen LogP contribution is 2.34. The zero-order chi connectivity index (χ0) is 26.2. The molecule has 4 rings (SSSR count). The molecule has 1 heterocycles. The summed E-state index contributed by atoms with van der Waals surface area (Å²) in [6, 6.07) is 18.8. The third-order valence-corrected chi connectivity index (χ3v) is 5.38. The SMILES string of the molecule is C=CCc1cc(/C=N\NC(=O)c2cc3ccccc3o2)cc(OCC)c1OCc1ccc([N+](=O)[O-])cc1. The van der Waals surface area contributed by atoms with E-state index in [1.165, 1.54) is 18.3 Å². The van der Waals surface area contributed by atoms with Gasteiger partial charge in [0.1, 0.15) is 12.2 Å². The summed E-state index contributed by atoms with van der Waals surface area (Å²) in [6.07, 6.45) is 3.76. The van der Waals surface area contributed by atoms with Crippen molar-refractivity contribution in [2.45, 2.75) is 20.0 Å². The predicted octanol–water partition coefficient (Wildman–Crippen LogP) is 5.81. The zero-order valence-electron chi connectivity index (χ0n) is 20.2. The number of ether oxygens (including phenoxy) is 2. The van der Waals surface area contributed by atoms with E-state index in [1.807, 2.05) is 31.2 Å². The van der Waals surface area contributed by atoms with Gasteiger partial charge in [-0.2, -0.15) is 5.10 Å². The van der Waals surface area contributed by atoms with E-state index in [-0.39, 0.29) is 18.1 Å². The van der Waals surface area contributed by atoms with Crippen LogP contribution in [0.25, 0.3) is 11.0 Å². The molecule has 0 spiro atoms. The van der Waals surface area contributed by atoms with Crippen LogP contribution in [0.2, 0.25) is 0 Å². The number of nitrogens with zero attached hydrogens (tertiary/aromatic N) is 2. The minimum atomic E-state index is -0.466. The summed E-state index contributed by atoms with van der Waals surface area (Å²) in [4.78, 5) is 22.9. The molecule has 0 aliphatic rings. The van der Waals surface area contributed by atoms with Crippen molar-refractivity contribution in [3.05, 3.63) is 112 Å². The van der Waals surface area contributed by atoms with Gasteiger partial charge in [0.2, 0.25) is 0 Å². The fourth-order valence-electron chi connectivity index (χ4n) is 3.68. The number of carbonyl (C=O) groups excluding carboxylic acids is 1. The third-order valence-electron chi connectivity index (χ3n) is 5.38. The van der Waals surface area contributed by atoms with Crippen LogP contribution in [-0.2, 0) is 13.0 Å². The van der Waals surface area contributed by atoms with Crippen LogP contribution >= 0.6 is 0 Å². The number of benzene rings is 3. The van der Waals surface area contributed by atoms with Gasteiger partial charge in [-0.25, -0.2) is 5.43 Å². The van der Waals surface area contributed by atoms with Crippen LogP contribution < -0.4 is 14.9 Å². The maximum Gasteiger partial charge on any atom is 0.307 e. The molecule has 0 aliphatic carbocycles. The molecular formula is C28H25N3O6. The Labute approximate surface area is 213 Å². The molecule has 0 atom stereocenters. The van der Waals surface area contributed by atoms with Gasteiger partial charge in [-0.3, -0.25) is 14.9 Å². The number of hydrogen-bond donors (Lipinski definition) is 1. The highest BCUT2D eigenvalue weighted by Gasteiger charge is 2.15. The zero-order valence-corrected chi connectivity index (χ0v) is 20.2. The molecule has 0 saturated carbocycles. The Kier molecular flexibility index (Phi) is 7.95. The van der Waals surface area contributed by atoms with E-state index in [0.717, 1.165) is 16.5 Å². The van der Waals surface area contributed by atoms with E-state index >= 15 is 0 Å². The number of amides is 1. The Hall–Kier alpha value is -4.92. The van der Waals surface area contributed by atoms with Gasteiger partial charge in [0, 0.05) is 23.1 Å². The van der Waals surface area contributed by atoms with Crippen molar-refractivity contribution < 1.29 is 23.6 Å². The number of carbonyl (C=O) groups is 1. The number of non-ortho nitro benzene ring substituents is 1. The van der Waals surface area contributed by atoms with Crippen LogP contribution in [-0.4, -0.2) is 23.7 Å². The molecule has 1 aromatic heterocycles. The maximum atomic E-state index is 12.5. The van der Waals surface area contributed by atoms with Crippen molar-refractivity contribution in [1.82, 2.24) is 5.43 Å². The molecule has 9 heteroatoms. The summed E-state index contributed by atoms with van der Waals surface area (Å²) in [5.74, 6) is 0.750. The molecule has 37 heavy (non-hydrogen) atoms. The lowest BCUT2D eigenvalue weighted by Crippen LogP contribution is -2.16. The molecule has 3 aromatic carbocycles. The molecule has 1 amide bonds. The minimum Gasteiger partial charge on any atom is -0.490 e. The molecule has 0 fully saturated rings. The lowest BCUT2D eigenvalue weighted by Gasteiger charge is -2.16. The van der Waals surface area contributed by atoms with E-state index in [2.05, 4.69) is 17.1 Å². The number of fused-ring (bicyclic) bond motifs is 1. The van der Waals surface area contributed by atoms with Crippen molar-refractivity contribution >= 4 is 28.8 Å². The van der Waals surface area contributed by atoms with E-state index in [9.17, 15) is 14.9 Å². The normalized spacial score (nSPS) is 10.9. The first-order chi connectivity index (χ1) is 18.0. The molecule has 0 radical (unpaired) electrons. The van der Waals surface area contributed by atoms with E-state index in [1.54, 1.807) is 36.4 Å². The molecular weight excluding hydrogens is 474 g/mol. The first-order valence-electron chi connectivity index (χ1n) is 11.6. The van der Waals surface area contributed by atoms with E-state index < -0.39 is 10.8 Å². The number of nitro groups is 1. The average molecular weight is 500 g/mol. The summed E-state index contributed by atoms with van der Waals surface area (Å²) >= 11 is 0. The Bertz CT molecular complexity index is 1420. The molecule has 0 aliphatic heterocycles. The number of nitrogens with one attached hydrogen (secondary N) is 1. The van der Waals surface area contributed by atoms with Gasteiger partial charge in [0.05, 0.1) is 17.7 Å². The number of allylic oxidation sites excluding steroid dienone is 1. The largest absolute Gasteiger partial charge is 0.490 e. The topological polar surface area (TPSA) is 116 Å². The summed E-state index contributed by atoms with van der Waals surface area (Å²) < 4.78 is 17.5. The van der Waals surface area contributed by atoms with Crippen molar-refractivity contribution in [1.29, 1.82) is 0 Å². The Morgan fingerprint density at radius 1 is 1.14 bits per heavy atom. The van der Waals surface area contributed by atoms with Gasteiger partial charge in [-0.15, -0.1) is 6.58 Å². The average Bonchev–Trinajstić information content (AvgIpc) is 3.33. The quantitative estimate of drug-likeness (QED) is 0.120. The fraction of sp³-hybridized carbons (Fsp3) is 0.143. The van der Waals surface area contributed by atoms with Crippen molar-refractivity contribution in [3.63, 3.8) is 0 Å². The molecule has 0 saturated heterocycles. The second-order valence-electron chi connectivity index (χ2n) is 7.99. The first-order valence-corrected chi connectivity index (χ1v) is 11.6. The summed E-state index contributed by atoms with van der Waals surface area (Å²) in [5, 5.41) is 15.8. The highest BCUT2D eigenvalue weighted by molar-refractivity contribution is 5.96. The number of furan rings is 1. The maximum absolute atomic E-state index is 12.5. The van der Waals surface area contributed by atoms with Crippen molar-refractivity contribution in [2.75, 3.05) is 6.61 Å². The van der Waals surface area contributed by atoms with Gasteiger partial charge >= 0.3 is 5.91 Å². The van der Waals surface area contributed by atoms with Gasteiger partial charge in [0.15, 0.2) is 17.3 Å². The molecule has 9 nitrogen and oxygen atoms in total. The van der Waals surface area contributed by atoms with Crippen molar-refractivity contribution in [2.24, 2.45) is 5.10 Å². The lowest BCUT2D eigenvalue weighted by atomic mass is 10.1. The van der Waals surface area contributed by atoms with Crippen molar-refractivity contribution in [3.8, 4) is 11.5 Å². The first kappa shape index (κ1) is 25.2. The van der Waals surface area contributed by atoms with Crippen LogP contribution in [0.1, 0.15) is 34.2 Å². The number of hydrogen-bond acceptors (Lipinski definition) is 7. The number of hydrazone groups is 1. The molecule has 4 aromatic rings. The summed E-state index contributed by atoms with van der Waals surface area (Å²) in [7, 11) is 0. The van der Waals surface area contributed by atoms with Gasteiger partial charge in [-0.1, -0.05) is 24.3 Å². The highest BCUT2D eigenvalue weighted by atomic mass is 16.6. The van der Waals surface area contributed by atoms with Gasteiger partial charge in [-0.05, 0) is 60.9 Å². The van der Waals surface area contributed by atoms with Gasteiger partial charge < -0.3 is 13.9 Å². The smallest absolute Gasteiger partial charge is 0.307 e. The second kappa shape index (κ2) is 11.7. The molecule has 188 valence electrons. The Balaban J connectivity index is 1.51. The molecule has 0 bridgehead atoms. The predicted molar refractivity (Wildman–Crippen MR) is 140 cm³/mol. The van der Waals surface area contributed by atoms with E-state index in [4.69, 9.17) is 13.9 Å². The fourth-order valence-corrected chi connectivity index (χ4v) is 3.68. The van der Waals surface area contributed by atoms with Crippen LogP contribution in [0.15, 0.2) is 88.9 Å². The van der Waals surface area contributed by atoms with Crippen LogP contribution in [0.3, 0.4) is 0 Å². The lowest BCUT2D eigenvalue weighted by molar-refractivity contribution is -0.384. The van der Waals surface area contributed by atoms with Crippen LogP contribution in [0.4, 0.5) is 5.69 Å². The summed E-state index contributed by atoms with van der Waals surface area (Å²) in [6.45, 7) is 6.29. The number of rotatable bonds is 11. The summed E-state index contributed by atoms with van der Waals surface area (Å²) in [5.41, 5.74) is 5.39. The number of nitro benzene ring substituents is 1. The van der Waals surface area contributed by atoms with Crippen LogP contribution in [0.5, 0.6) is 11.5 Å². The number of para-hydroxylation sites is 1. The van der Waals surface area contributed by atoms with Crippen LogP contribution in [0, 0.1) is 10.1 Å².